The smallest absolute Gasteiger partial charge is 0.169 e. The maximum absolute atomic E-state index is 5.53. The average Bonchev–Trinajstić information content (AvgIpc) is 3.29. The largest absolute Gasteiger partial charge is 0.352 e. The van der Waals surface area contributed by atoms with E-state index in [4.69, 9.17) is 12.2 Å². The van der Waals surface area contributed by atoms with Gasteiger partial charge in [-0.15, -0.1) is 0 Å². The fraction of sp³-hybridized carbons (Fsp3) is 0.444. The quantitative estimate of drug-likeness (QED) is 0.874. The molecule has 5 heteroatoms. The van der Waals surface area contributed by atoms with Gasteiger partial charge in [0.25, 0.3) is 0 Å². The lowest BCUT2D eigenvalue weighted by Crippen LogP contribution is -2.26. The highest BCUT2D eigenvalue weighted by molar-refractivity contribution is 7.80. The van der Waals surface area contributed by atoms with Gasteiger partial charge in [0.1, 0.15) is 0 Å². The number of aromatic nitrogens is 2. The maximum Gasteiger partial charge on any atom is 0.169 e. The van der Waals surface area contributed by atoms with Crippen molar-refractivity contribution >= 4 is 17.3 Å². The maximum atomic E-state index is 5.53. The van der Waals surface area contributed by atoms with Crippen LogP contribution in [0.4, 0.5) is 0 Å². The van der Waals surface area contributed by atoms with Gasteiger partial charge in [0.15, 0.2) is 5.11 Å². The third kappa shape index (κ3) is 2.53. The molecule has 2 aromatic rings. The minimum absolute atomic E-state index is 0.101. The van der Waals surface area contributed by atoms with Gasteiger partial charge in [-0.1, -0.05) is 18.9 Å². The van der Waals surface area contributed by atoms with Crippen LogP contribution >= 0.6 is 12.2 Å². The van der Waals surface area contributed by atoms with Gasteiger partial charge in [-0.25, -0.2) is 0 Å². The van der Waals surface area contributed by atoms with Crippen LogP contribution in [0.2, 0.25) is 0 Å². The molecule has 0 unspecified atom stereocenters. The van der Waals surface area contributed by atoms with E-state index in [2.05, 4.69) is 51.2 Å². The highest BCUT2D eigenvalue weighted by Crippen LogP contribution is 2.40. The van der Waals surface area contributed by atoms with E-state index < -0.39 is 0 Å². The minimum atomic E-state index is 0.101. The fourth-order valence-corrected chi connectivity index (χ4v) is 4.24. The molecular weight excluding hydrogens is 304 g/mol. The zero-order valence-electron chi connectivity index (χ0n) is 13.4. The highest BCUT2D eigenvalue weighted by atomic mass is 32.1. The lowest BCUT2D eigenvalue weighted by molar-refractivity contribution is 0.337. The summed E-state index contributed by atoms with van der Waals surface area (Å²) in [6, 6.07) is 11.4. The molecule has 0 amide bonds. The second-order valence-corrected chi connectivity index (χ2v) is 6.90. The molecule has 1 aliphatic heterocycles. The summed E-state index contributed by atoms with van der Waals surface area (Å²) in [5.74, 6) is 0. The Morgan fingerprint density at radius 1 is 1.17 bits per heavy atom. The molecule has 0 aromatic carbocycles. The van der Waals surface area contributed by atoms with Gasteiger partial charge in [-0.05, 0) is 49.3 Å². The normalized spacial score (nSPS) is 25.1. The molecule has 0 spiro atoms. The fourth-order valence-electron chi connectivity index (χ4n) is 4.00. The standard InChI is InChI=1S/C18H22N4S/c1-21-17(15-10-6-12-22(15)13-7-2-3-8-13)16(20-18(21)23)14-9-4-5-11-19-14/h4-6,9-13,16-17H,2-3,7-8H2,1H3,(H,20,23)/t16-,17+/m1/s1. The molecule has 2 aliphatic rings. The highest BCUT2D eigenvalue weighted by Gasteiger charge is 2.39. The Morgan fingerprint density at radius 2 is 2.00 bits per heavy atom. The van der Waals surface area contributed by atoms with Crippen LogP contribution in [0, 0.1) is 0 Å². The Kier molecular flexibility index (Phi) is 3.81. The molecule has 4 nitrogen and oxygen atoms in total. The summed E-state index contributed by atoms with van der Waals surface area (Å²) in [5, 5.41) is 4.25. The van der Waals surface area contributed by atoms with Crippen LogP contribution in [-0.2, 0) is 0 Å². The molecule has 2 fully saturated rings. The van der Waals surface area contributed by atoms with E-state index >= 15 is 0 Å². The van der Waals surface area contributed by atoms with Gasteiger partial charge in [0.05, 0.1) is 17.8 Å². The first-order valence-corrected chi connectivity index (χ1v) is 8.77. The van der Waals surface area contributed by atoms with Gasteiger partial charge in [0.2, 0.25) is 0 Å². The zero-order chi connectivity index (χ0) is 15.8. The molecule has 3 heterocycles. The summed E-state index contributed by atoms with van der Waals surface area (Å²) in [7, 11) is 2.08. The number of nitrogens with one attached hydrogen (secondary N) is 1. The number of hydrogen-bond acceptors (Lipinski definition) is 2. The topological polar surface area (TPSA) is 33.1 Å². The number of pyridine rings is 1. The second kappa shape index (κ2) is 5.96. The van der Waals surface area contributed by atoms with Crippen molar-refractivity contribution in [2.45, 2.75) is 43.8 Å². The molecule has 1 aliphatic carbocycles. The summed E-state index contributed by atoms with van der Waals surface area (Å²) in [6.07, 6.45) is 9.32. The predicted molar refractivity (Wildman–Crippen MR) is 95.2 cm³/mol. The van der Waals surface area contributed by atoms with Crippen LogP contribution in [0.15, 0.2) is 42.7 Å². The predicted octanol–water partition coefficient (Wildman–Crippen LogP) is 3.60. The summed E-state index contributed by atoms with van der Waals surface area (Å²) in [5.41, 5.74) is 2.38. The molecule has 1 saturated heterocycles. The van der Waals surface area contributed by atoms with Crippen molar-refractivity contribution in [1.82, 2.24) is 19.8 Å². The van der Waals surface area contributed by atoms with E-state index in [1.54, 1.807) is 0 Å². The molecule has 120 valence electrons. The van der Waals surface area contributed by atoms with Crippen LogP contribution < -0.4 is 5.32 Å². The van der Waals surface area contributed by atoms with Crippen molar-refractivity contribution in [3.05, 3.63) is 54.1 Å². The number of hydrogen-bond donors (Lipinski definition) is 1. The van der Waals surface area contributed by atoms with Crippen LogP contribution in [0.5, 0.6) is 0 Å². The number of nitrogens with zero attached hydrogens (tertiary/aromatic N) is 3. The van der Waals surface area contributed by atoms with Crippen molar-refractivity contribution in [2.24, 2.45) is 0 Å². The van der Waals surface area contributed by atoms with Crippen molar-refractivity contribution < 1.29 is 0 Å². The first kappa shape index (κ1) is 14.7. The van der Waals surface area contributed by atoms with Gasteiger partial charge in [-0.3, -0.25) is 4.98 Å². The van der Waals surface area contributed by atoms with Crippen LogP contribution in [-0.4, -0.2) is 26.6 Å². The SMILES string of the molecule is CN1C(=S)N[C@H](c2ccccn2)[C@@H]1c1cccn1C1CCCC1. The van der Waals surface area contributed by atoms with Crippen LogP contribution in [0.1, 0.15) is 55.2 Å². The van der Waals surface area contributed by atoms with E-state index in [0.717, 1.165) is 10.8 Å². The molecular formula is C18H22N4S. The van der Waals surface area contributed by atoms with Gasteiger partial charge in [0, 0.05) is 31.2 Å². The monoisotopic (exact) mass is 326 g/mol. The summed E-state index contributed by atoms with van der Waals surface area (Å²) in [4.78, 5) is 6.73. The molecule has 23 heavy (non-hydrogen) atoms. The molecule has 0 bridgehead atoms. The third-order valence-electron chi connectivity index (χ3n) is 5.17. The Hall–Kier alpha value is -1.88. The molecule has 4 rings (SSSR count). The third-order valence-corrected chi connectivity index (χ3v) is 5.58. The minimum Gasteiger partial charge on any atom is -0.352 e. The first-order chi connectivity index (χ1) is 11.3. The molecule has 1 N–H and O–H groups in total. The Balaban J connectivity index is 1.73. The second-order valence-electron chi connectivity index (χ2n) is 6.52. The summed E-state index contributed by atoms with van der Waals surface area (Å²) >= 11 is 5.53. The summed E-state index contributed by atoms with van der Waals surface area (Å²) in [6.45, 7) is 0. The van der Waals surface area contributed by atoms with E-state index in [1.807, 2.05) is 18.3 Å². The molecule has 2 atom stereocenters. The van der Waals surface area contributed by atoms with Crippen LogP contribution in [0.3, 0.4) is 0 Å². The van der Waals surface area contributed by atoms with E-state index in [9.17, 15) is 0 Å². The Labute approximate surface area is 142 Å². The lowest BCUT2D eigenvalue weighted by Gasteiger charge is -2.27. The van der Waals surface area contributed by atoms with Crippen molar-refractivity contribution in [3.8, 4) is 0 Å². The number of thiocarbonyl (C=S) groups is 1. The average molecular weight is 326 g/mol. The van der Waals surface area contributed by atoms with Crippen LogP contribution in [0.25, 0.3) is 0 Å². The molecule has 1 saturated carbocycles. The van der Waals surface area contributed by atoms with Crippen molar-refractivity contribution in [2.75, 3.05) is 7.05 Å². The molecule has 0 radical (unpaired) electrons. The van der Waals surface area contributed by atoms with E-state index in [-0.39, 0.29) is 12.1 Å². The lowest BCUT2D eigenvalue weighted by atomic mass is 10.0. The Morgan fingerprint density at radius 3 is 2.74 bits per heavy atom. The van der Waals surface area contributed by atoms with E-state index in [0.29, 0.717) is 6.04 Å². The summed E-state index contributed by atoms with van der Waals surface area (Å²) < 4.78 is 2.47. The van der Waals surface area contributed by atoms with Gasteiger partial charge in [-0.2, -0.15) is 0 Å². The number of rotatable bonds is 3. The first-order valence-electron chi connectivity index (χ1n) is 8.36. The van der Waals surface area contributed by atoms with Gasteiger partial charge < -0.3 is 14.8 Å². The zero-order valence-corrected chi connectivity index (χ0v) is 14.2. The molecule has 2 aromatic heterocycles. The van der Waals surface area contributed by atoms with E-state index in [1.165, 1.54) is 31.4 Å². The Bertz CT molecular complexity index is 690. The van der Waals surface area contributed by atoms with Crippen molar-refractivity contribution in [1.29, 1.82) is 0 Å². The number of likely N-dealkylation sites (N-methyl/N-ethyl adjacent to an activating group) is 1. The van der Waals surface area contributed by atoms with Gasteiger partial charge >= 0.3 is 0 Å². The van der Waals surface area contributed by atoms with Crippen molar-refractivity contribution in [3.63, 3.8) is 0 Å².